The van der Waals surface area contributed by atoms with Gasteiger partial charge in [0.05, 0.1) is 5.69 Å². The highest BCUT2D eigenvalue weighted by Gasteiger charge is 2.12. The predicted molar refractivity (Wildman–Crippen MR) is 81.3 cm³/mol. The zero-order valence-corrected chi connectivity index (χ0v) is 11.8. The maximum atomic E-state index is 4.43. The van der Waals surface area contributed by atoms with Crippen molar-refractivity contribution in [2.75, 3.05) is 5.32 Å². The van der Waals surface area contributed by atoms with Crippen molar-refractivity contribution in [3.8, 4) is 0 Å². The number of pyridine rings is 1. The lowest BCUT2D eigenvalue weighted by Crippen LogP contribution is -1.96. The SMILES string of the molecule is CCCc1[nH]nc(Nc2ccnc3[nH]ccc23)c1CC. The fourth-order valence-electron chi connectivity index (χ4n) is 2.54. The lowest BCUT2D eigenvalue weighted by atomic mass is 10.1. The van der Waals surface area contributed by atoms with Crippen LogP contribution in [0.25, 0.3) is 11.0 Å². The van der Waals surface area contributed by atoms with E-state index in [2.05, 4.69) is 39.3 Å². The number of anilines is 2. The fourth-order valence-corrected chi connectivity index (χ4v) is 2.54. The molecule has 0 fully saturated rings. The second-order valence-corrected chi connectivity index (χ2v) is 4.86. The molecule has 20 heavy (non-hydrogen) atoms. The van der Waals surface area contributed by atoms with Gasteiger partial charge >= 0.3 is 0 Å². The number of aromatic nitrogens is 4. The monoisotopic (exact) mass is 269 g/mol. The van der Waals surface area contributed by atoms with Crippen molar-refractivity contribution in [3.63, 3.8) is 0 Å². The molecular formula is C15H19N5. The maximum Gasteiger partial charge on any atom is 0.155 e. The van der Waals surface area contributed by atoms with E-state index in [-0.39, 0.29) is 0 Å². The Kier molecular flexibility index (Phi) is 3.41. The van der Waals surface area contributed by atoms with Crippen LogP contribution in [0.5, 0.6) is 0 Å². The average molecular weight is 269 g/mol. The first-order chi connectivity index (χ1) is 9.83. The quantitative estimate of drug-likeness (QED) is 0.663. The van der Waals surface area contributed by atoms with Crippen molar-refractivity contribution in [2.24, 2.45) is 0 Å². The minimum atomic E-state index is 0.886. The van der Waals surface area contributed by atoms with E-state index in [9.17, 15) is 0 Å². The van der Waals surface area contributed by atoms with Gasteiger partial charge < -0.3 is 10.3 Å². The molecule has 0 aliphatic rings. The Hall–Kier alpha value is -2.30. The van der Waals surface area contributed by atoms with E-state index in [1.165, 1.54) is 11.3 Å². The first kappa shape index (κ1) is 12.7. The number of hydrogen-bond acceptors (Lipinski definition) is 3. The third-order valence-corrected chi connectivity index (χ3v) is 3.52. The number of fused-ring (bicyclic) bond motifs is 1. The van der Waals surface area contributed by atoms with E-state index >= 15 is 0 Å². The fraction of sp³-hybridized carbons (Fsp3) is 0.333. The van der Waals surface area contributed by atoms with Crippen LogP contribution >= 0.6 is 0 Å². The van der Waals surface area contributed by atoms with Crippen LogP contribution in [0, 0.1) is 0 Å². The topological polar surface area (TPSA) is 69.4 Å². The minimum Gasteiger partial charge on any atom is -0.346 e. The number of aryl methyl sites for hydroxylation is 1. The molecular weight excluding hydrogens is 250 g/mol. The second-order valence-electron chi connectivity index (χ2n) is 4.86. The zero-order chi connectivity index (χ0) is 13.9. The van der Waals surface area contributed by atoms with Gasteiger partial charge in [0, 0.05) is 29.0 Å². The van der Waals surface area contributed by atoms with Crippen LogP contribution in [-0.2, 0) is 12.8 Å². The van der Waals surface area contributed by atoms with Gasteiger partial charge in [-0.3, -0.25) is 5.10 Å². The molecule has 3 aromatic rings. The van der Waals surface area contributed by atoms with E-state index in [1.807, 2.05) is 18.3 Å². The zero-order valence-electron chi connectivity index (χ0n) is 11.8. The first-order valence-electron chi connectivity index (χ1n) is 7.08. The van der Waals surface area contributed by atoms with Crippen molar-refractivity contribution in [1.29, 1.82) is 0 Å². The number of aromatic amines is 2. The summed E-state index contributed by atoms with van der Waals surface area (Å²) in [6.07, 6.45) is 6.82. The Bertz CT molecular complexity index is 710. The van der Waals surface area contributed by atoms with Gasteiger partial charge in [-0.05, 0) is 25.0 Å². The highest BCUT2D eigenvalue weighted by molar-refractivity contribution is 5.91. The molecule has 0 saturated carbocycles. The van der Waals surface area contributed by atoms with E-state index in [0.29, 0.717) is 0 Å². The van der Waals surface area contributed by atoms with Gasteiger partial charge in [-0.25, -0.2) is 4.98 Å². The summed E-state index contributed by atoms with van der Waals surface area (Å²) >= 11 is 0. The first-order valence-corrected chi connectivity index (χ1v) is 7.08. The van der Waals surface area contributed by atoms with Crippen LogP contribution in [0.2, 0.25) is 0 Å². The normalized spacial score (nSPS) is 11.1. The number of hydrogen-bond donors (Lipinski definition) is 3. The Labute approximate surface area is 117 Å². The Morgan fingerprint density at radius 2 is 2.15 bits per heavy atom. The molecule has 104 valence electrons. The molecule has 3 aromatic heterocycles. The van der Waals surface area contributed by atoms with Gasteiger partial charge in [0.1, 0.15) is 5.65 Å². The molecule has 0 radical (unpaired) electrons. The van der Waals surface area contributed by atoms with Gasteiger partial charge in [0.2, 0.25) is 0 Å². The largest absolute Gasteiger partial charge is 0.346 e. The summed E-state index contributed by atoms with van der Waals surface area (Å²) in [5.74, 6) is 0.921. The average Bonchev–Trinajstić information content (AvgIpc) is 3.07. The minimum absolute atomic E-state index is 0.886. The standard InChI is InChI=1S/C15H19N5/c1-3-5-13-10(4-2)15(20-19-13)18-12-7-9-17-14-11(12)6-8-16-14/h6-9H,3-5H2,1-2H3,(H3,16,17,18,19,20). The molecule has 0 aliphatic carbocycles. The predicted octanol–water partition coefficient (Wildman–Crippen LogP) is 3.54. The smallest absolute Gasteiger partial charge is 0.155 e. The summed E-state index contributed by atoms with van der Waals surface area (Å²) < 4.78 is 0. The molecule has 0 bridgehead atoms. The van der Waals surface area contributed by atoms with Crippen LogP contribution in [0.3, 0.4) is 0 Å². The molecule has 0 aromatic carbocycles. The molecule has 3 N–H and O–H groups in total. The molecule has 5 nitrogen and oxygen atoms in total. The second kappa shape index (κ2) is 5.36. The Morgan fingerprint density at radius 3 is 2.95 bits per heavy atom. The number of nitrogens with one attached hydrogen (secondary N) is 3. The summed E-state index contributed by atoms with van der Waals surface area (Å²) in [5, 5.41) is 12.1. The molecule has 0 unspecified atom stereocenters. The van der Waals surface area contributed by atoms with E-state index < -0.39 is 0 Å². The van der Waals surface area contributed by atoms with Crippen molar-refractivity contribution in [3.05, 3.63) is 35.8 Å². The molecule has 0 saturated heterocycles. The summed E-state index contributed by atoms with van der Waals surface area (Å²) in [7, 11) is 0. The van der Waals surface area contributed by atoms with Crippen LogP contribution in [0.15, 0.2) is 24.5 Å². The third kappa shape index (κ3) is 2.15. The van der Waals surface area contributed by atoms with Crippen molar-refractivity contribution >= 4 is 22.5 Å². The summed E-state index contributed by atoms with van der Waals surface area (Å²) in [5.41, 5.74) is 4.42. The van der Waals surface area contributed by atoms with Crippen molar-refractivity contribution < 1.29 is 0 Å². The van der Waals surface area contributed by atoms with Crippen LogP contribution in [0.1, 0.15) is 31.5 Å². The molecule has 0 aliphatic heterocycles. The lowest BCUT2D eigenvalue weighted by Gasteiger charge is -2.07. The number of H-pyrrole nitrogens is 2. The third-order valence-electron chi connectivity index (χ3n) is 3.52. The Balaban J connectivity index is 1.96. The summed E-state index contributed by atoms with van der Waals surface area (Å²) in [6, 6.07) is 4.00. The van der Waals surface area contributed by atoms with Gasteiger partial charge in [0.15, 0.2) is 5.82 Å². The van der Waals surface area contributed by atoms with E-state index in [0.717, 1.165) is 41.8 Å². The number of nitrogens with zero attached hydrogens (tertiary/aromatic N) is 2. The highest BCUT2D eigenvalue weighted by atomic mass is 15.2. The molecule has 3 heterocycles. The van der Waals surface area contributed by atoms with E-state index in [4.69, 9.17) is 0 Å². The summed E-state index contributed by atoms with van der Waals surface area (Å²) in [4.78, 5) is 7.42. The van der Waals surface area contributed by atoms with Crippen molar-refractivity contribution in [2.45, 2.75) is 33.1 Å². The van der Waals surface area contributed by atoms with Crippen LogP contribution < -0.4 is 5.32 Å². The highest BCUT2D eigenvalue weighted by Crippen LogP contribution is 2.27. The molecule has 0 spiro atoms. The molecule has 5 heteroatoms. The van der Waals surface area contributed by atoms with Crippen molar-refractivity contribution in [1.82, 2.24) is 20.2 Å². The maximum absolute atomic E-state index is 4.43. The molecule has 0 amide bonds. The van der Waals surface area contributed by atoms with E-state index in [1.54, 1.807) is 6.20 Å². The Morgan fingerprint density at radius 1 is 1.25 bits per heavy atom. The van der Waals surface area contributed by atoms with Gasteiger partial charge in [-0.1, -0.05) is 20.3 Å². The van der Waals surface area contributed by atoms with Gasteiger partial charge in [0.25, 0.3) is 0 Å². The molecule has 0 atom stereocenters. The van der Waals surface area contributed by atoms with Crippen LogP contribution in [0.4, 0.5) is 11.5 Å². The summed E-state index contributed by atoms with van der Waals surface area (Å²) in [6.45, 7) is 4.34. The van der Waals surface area contributed by atoms with Crippen LogP contribution in [-0.4, -0.2) is 20.2 Å². The molecule has 3 rings (SSSR count). The van der Waals surface area contributed by atoms with Gasteiger partial charge in [-0.15, -0.1) is 0 Å². The lowest BCUT2D eigenvalue weighted by molar-refractivity contribution is 0.854. The number of rotatable bonds is 5. The van der Waals surface area contributed by atoms with Gasteiger partial charge in [-0.2, -0.15) is 5.10 Å².